The summed E-state index contributed by atoms with van der Waals surface area (Å²) in [6, 6.07) is 0. The lowest BCUT2D eigenvalue weighted by molar-refractivity contribution is -0.136. The molecule has 0 atom stereocenters. The zero-order chi connectivity index (χ0) is 10.1. The molecule has 1 aromatic heterocycles. The minimum atomic E-state index is -0.826. The molecule has 72 valence electrons. The van der Waals surface area contributed by atoms with Gasteiger partial charge in [-0.2, -0.15) is 5.10 Å². The zero-order valence-electron chi connectivity index (χ0n) is 8.11. The van der Waals surface area contributed by atoms with E-state index in [0.29, 0.717) is 0 Å². The molecule has 0 amide bonds. The molecule has 1 aromatic rings. The van der Waals surface area contributed by atoms with Gasteiger partial charge in [-0.05, 0) is 20.8 Å². The number of rotatable bonds is 2. The summed E-state index contributed by atoms with van der Waals surface area (Å²) in [4.78, 5) is 10.4. The fourth-order valence-electron chi connectivity index (χ4n) is 0.993. The third-order valence-electron chi connectivity index (χ3n) is 1.68. The van der Waals surface area contributed by atoms with Crippen molar-refractivity contribution in [2.75, 3.05) is 0 Å². The van der Waals surface area contributed by atoms with Crippen molar-refractivity contribution in [3.05, 3.63) is 18.0 Å². The summed E-state index contributed by atoms with van der Waals surface area (Å²) in [7, 11) is 0. The predicted octanol–water partition coefficient (Wildman–Crippen LogP) is 1.27. The minimum Gasteiger partial charge on any atom is -0.481 e. The highest BCUT2D eigenvalue weighted by Gasteiger charge is 2.14. The van der Waals surface area contributed by atoms with Gasteiger partial charge in [0.15, 0.2) is 0 Å². The van der Waals surface area contributed by atoms with E-state index in [9.17, 15) is 4.79 Å². The normalized spacial score (nSPS) is 11.6. The van der Waals surface area contributed by atoms with E-state index in [0.717, 1.165) is 5.56 Å². The summed E-state index contributed by atoms with van der Waals surface area (Å²) in [5, 5.41) is 12.6. The van der Waals surface area contributed by atoms with E-state index in [2.05, 4.69) is 5.10 Å². The molecule has 0 unspecified atom stereocenters. The molecule has 0 spiro atoms. The summed E-state index contributed by atoms with van der Waals surface area (Å²) in [6.07, 6.45) is 3.41. The van der Waals surface area contributed by atoms with Crippen LogP contribution in [0, 0.1) is 0 Å². The zero-order valence-corrected chi connectivity index (χ0v) is 8.11. The first-order chi connectivity index (χ1) is 5.89. The molecule has 1 heterocycles. The van der Waals surface area contributed by atoms with Gasteiger partial charge in [-0.15, -0.1) is 0 Å². The molecule has 0 saturated carbocycles. The number of carboxylic acid groups (broad SMARTS) is 1. The Morgan fingerprint density at radius 2 is 2.23 bits per heavy atom. The molecule has 0 fully saturated rings. The lowest BCUT2D eigenvalue weighted by Crippen LogP contribution is -2.21. The van der Waals surface area contributed by atoms with E-state index in [4.69, 9.17) is 5.11 Å². The Morgan fingerprint density at radius 3 is 2.62 bits per heavy atom. The first kappa shape index (κ1) is 9.77. The molecule has 0 aliphatic carbocycles. The summed E-state index contributed by atoms with van der Waals surface area (Å²) in [5.74, 6) is -0.826. The van der Waals surface area contributed by atoms with Crippen molar-refractivity contribution in [1.29, 1.82) is 0 Å². The number of aromatic nitrogens is 2. The Morgan fingerprint density at radius 1 is 1.62 bits per heavy atom. The van der Waals surface area contributed by atoms with Crippen LogP contribution in [-0.2, 0) is 16.8 Å². The molecule has 1 N–H and O–H groups in total. The van der Waals surface area contributed by atoms with Crippen LogP contribution >= 0.6 is 0 Å². The van der Waals surface area contributed by atoms with E-state index < -0.39 is 5.97 Å². The maximum atomic E-state index is 10.4. The molecule has 13 heavy (non-hydrogen) atoms. The minimum absolute atomic E-state index is 0.0378. The van der Waals surface area contributed by atoms with Crippen LogP contribution in [0.4, 0.5) is 0 Å². The van der Waals surface area contributed by atoms with Crippen LogP contribution in [0.1, 0.15) is 26.3 Å². The van der Waals surface area contributed by atoms with Crippen LogP contribution in [0.15, 0.2) is 12.4 Å². The highest BCUT2D eigenvalue weighted by molar-refractivity contribution is 5.69. The van der Waals surface area contributed by atoms with Crippen molar-refractivity contribution in [2.45, 2.75) is 32.7 Å². The first-order valence-corrected chi connectivity index (χ1v) is 4.15. The van der Waals surface area contributed by atoms with Crippen LogP contribution in [0.2, 0.25) is 0 Å². The number of hydrogen-bond donors (Lipinski definition) is 1. The third-order valence-corrected chi connectivity index (χ3v) is 1.68. The Hall–Kier alpha value is -1.32. The number of carbonyl (C=O) groups is 1. The largest absolute Gasteiger partial charge is 0.481 e. The van der Waals surface area contributed by atoms with E-state index in [1.165, 1.54) is 0 Å². The van der Waals surface area contributed by atoms with Crippen molar-refractivity contribution < 1.29 is 9.90 Å². The first-order valence-electron chi connectivity index (χ1n) is 4.15. The molecular weight excluding hydrogens is 168 g/mol. The fourth-order valence-corrected chi connectivity index (χ4v) is 0.993. The van der Waals surface area contributed by atoms with Gasteiger partial charge in [0.1, 0.15) is 0 Å². The van der Waals surface area contributed by atoms with Crippen LogP contribution in [0.3, 0.4) is 0 Å². The van der Waals surface area contributed by atoms with Gasteiger partial charge in [0.25, 0.3) is 0 Å². The maximum absolute atomic E-state index is 10.4. The monoisotopic (exact) mass is 182 g/mol. The van der Waals surface area contributed by atoms with Crippen molar-refractivity contribution in [3.63, 3.8) is 0 Å². The van der Waals surface area contributed by atoms with Gasteiger partial charge in [-0.1, -0.05) is 0 Å². The van der Waals surface area contributed by atoms with Gasteiger partial charge in [-0.25, -0.2) is 0 Å². The topological polar surface area (TPSA) is 55.1 Å². The van der Waals surface area contributed by atoms with Gasteiger partial charge in [0.2, 0.25) is 0 Å². The maximum Gasteiger partial charge on any atom is 0.307 e. The van der Waals surface area contributed by atoms with Crippen LogP contribution in [0.5, 0.6) is 0 Å². The highest BCUT2D eigenvalue weighted by atomic mass is 16.4. The van der Waals surface area contributed by atoms with Crippen molar-refractivity contribution >= 4 is 5.97 Å². The summed E-state index contributed by atoms with van der Waals surface area (Å²) in [6.45, 7) is 6.06. The smallest absolute Gasteiger partial charge is 0.307 e. The van der Waals surface area contributed by atoms with Gasteiger partial charge < -0.3 is 5.11 Å². The lowest BCUT2D eigenvalue weighted by Gasteiger charge is -2.18. The molecule has 1 rings (SSSR count). The SMILES string of the molecule is CC(C)(C)n1cc(CC(=O)O)cn1. The van der Waals surface area contributed by atoms with Crippen molar-refractivity contribution in [3.8, 4) is 0 Å². The Labute approximate surface area is 77.2 Å². The van der Waals surface area contributed by atoms with Gasteiger partial charge >= 0.3 is 5.97 Å². The quantitative estimate of drug-likeness (QED) is 0.749. The van der Waals surface area contributed by atoms with Gasteiger partial charge in [0, 0.05) is 11.8 Å². The number of nitrogens with zero attached hydrogens (tertiary/aromatic N) is 2. The fraction of sp³-hybridized carbons (Fsp3) is 0.556. The second kappa shape index (κ2) is 3.20. The molecule has 0 saturated heterocycles. The summed E-state index contributed by atoms with van der Waals surface area (Å²) < 4.78 is 1.77. The Bertz CT molecular complexity index is 310. The second-order valence-electron chi connectivity index (χ2n) is 4.03. The lowest BCUT2D eigenvalue weighted by atomic mass is 10.1. The van der Waals surface area contributed by atoms with Gasteiger partial charge in [0.05, 0.1) is 18.2 Å². The Kier molecular flexibility index (Phi) is 2.40. The molecule has 0 aromatic carbocycles. The molecule has 0 radical (unpaired) electrons. The van der Waals surface area contributed by atoms with Crippen molar-refractivity contribution in [2.24, 2.45) is 0 Å². The third kappa shape index (κ3) is 2.57. The van der Waals surface area contributed by atoms with E-state index in [1.54, 1.807) is 17.1 Å². The molecule has 4 heteroatoms. The standard InChI is InChI=1S/C9H14N2O2/c1-9(2,3)11-6-7(5-10-11)4-8(12)13/h5-6H,4H2,1-3H3,(H,12,13). The molecular formula is C9H14N2O2. The Balaban J connectivity index is 2.81. The predicted molar refractivity (Wildman–Crippen MR) is 48.6 cm³/mol. The van der Waals surface area contributed by atoms with E-state index in [-0.39, 0.29) is 12.0 Å². The van der Waals surface area contributed by atoms with E-state index in [1.807, 2.05) is 20.8 Å². The number of carboxylic acids is 1. The van der Waals surface area contributed by atoms with Crippen LogP contribution < -0.4 is 0 Å². The summed E-state index contributed by atoms with van der Waals surface area (Å²) in [5.41, 5.74) is 0.652. The van der Waals surface area contributed by atoms with Crippen molar-refractivity contribution in [1.82, 2.24) is 9.78 Å². The molecule has 0 aliphatic rings. The van der Waals surface area contributed by atoms with Crippen LogP contribution in [-0.4, -0.2) is 20.9 Å². The highest BCUT2D eigenvalue weighted by Crippen LogP contribution is 2.13. The van der Waals surface area contributed by atoms with Crippen LogP contribution in [0.25, 0.3) is 0 Å². The molecule has 4 nitrogen and oxygen atoms in total. The van der Waals surface area contributed by atoms with E-state index >= 15 is 0 Å². The summed E-state index contributed by atoms with van der Waals surface area (Å²) >= 11 is 0. The molecule has 0 aliphatic heterocycles. The number of hydrogen-bond acceptors (Lipinski definition) is 2. The molecule has 0 bridgehead atoms. The second-order valence-corrected chi connectivity index (χ2v) is 4.03. The average Bonchev–Trinajstić information content (AvgIpc) is 2.32. The average molecular weight is 182 g/mol. The van der Waals surface area contributed by atoms with Gasteiger partial charge in [-0.3, -0.25) is 9.48 Å². The number of aliphatic carboxylic acids is 1.